The minimum Gasteiger partial charge on any atom is -0.462 e. The Labute approximate surface area is 154 Å². The van der Waals surface area contributed by atoms with Gasteiger partial charge in [-0.05, 0) is 31.5 Å². The van der Waals surface area contributed by atoms with Gasteiger partial charge in [0.1, 0.15) is 0 Å². The van der Waals surface area contributed by atoms with Gasteiger partial charge in [0.2, 0.25) is 5.79 Å². The predicted octanol–water partition coefficient (Wildman–Crippen LogP) is 2.93. The third kappa shape index (κ3) is 4.12. The van der Waals surface area contributed by atoms with E-state index >= 15 is 0 Å². The molecule has 5 heteroatoms. The maximum Gasteiger partial charge on any atom is 0.338 e. The molecular weight excluding hydrogens is 330 g/mol. The molecule has 1 aliphatic rings. The Morgan fingerprint density at radius 3 is 2.58 bits per heavy atom. The molecule has 1 heterocycles. The highest BCUT2D eigenvalue weighted by Gasteiger charge is 2.39. The van der Waals surface area contributed by atoms with Gasteiger partial charge in [-0.2, -0.15) is 0 Å². The summed E-state index contributed by atoms with van der Waals surface area (Å²) in [6.45, 7) is 5.74. The maximum atomic E-state index is 11.8. The topological polar surface area (TPSA) is 59.0 Å². The number of β-amino-alcohol motifs (C(OH)–C–C–N with tert-alkyl or cyclic N) is 1. The van der Waals surface area contributed by atoms with E-state index in [1.165, 1.54) is 5.56 Å². The van der Waals surface area contributed by atoms with Crippen LogP contribution in [0.25, 0.3) is 0 Å². The fourth-order valence-corrected chi connectivity index (χ4v) is 3.13. The summed E-state index contributed by atoms with van der Waals surface area (Å²) in [6, 6.07) is 17.2. The first-order valence-corrected chi connectivity index (χ1v) is 8.94. The van der Waals surface area contributed by atoms with Crippen LogP contribution >= 0.6 is 0 Å². The van der Waals surface area contributed by atoms with Crippen LogP contribution in [0.2, 0.25) is 0 Å². The molecule has 1 saturated heterocycles. The molecule has 2 atom stereocenters. The van der Waals surface area contributed by atoms with E-state index < -0.39 is 5.79 Å². The van der Waals surface area contributed by atoms with Crippen LogP contribution in [0.4, 0.5) is 0 Å². The molecule has 1 unspecified atom stereocenters. The Morgan fingerprint density at radius 2 is 1.92 bits per heavy atom. The Hall–Kier alpha value is -2.21. The van der Waals surface area contributed by atoms with Crippen LogP contribution in [-0.2, 0) is 21.8 Å². The van der Waals surface area contributed by atoms with Crippen LogP contribution in [-0.4, -0.2) is 41.8 Å². The molecule has 0 radical (unpaired) electrons. The summed E-state index contributed by atoms with van der Waals surface area (Å²) in [5.41, 5.74) is 2.29. The summed E-state index contributed by atoms with van der Waals surface area (Å²) >= 11 is 0. The highest BCUT2D eigenvalue weighted by molar-refractivity contribution is 5.89. The second-order valence-corrected chi connectivity index (χ2v) is 6.63. The second kappa shape index (κ2) is 7.99. The summed E-state index contributed by atoms with van der Waals surface area (Å²) in [7, 11) is 0. The van der Waals surface area contributed by atoms with Crippen molar-refractivity contribution in [3.05, 3.63) is 71.3 Å². The average molecular weight is 355 g/mol. The molecule has 0 aliphatic carbocycles. The zero-order chi connectivity index (χ0) is 18.6. The van der Waals surface area contributed by atoms with Crippen molar-refractivity contribution in [2.75, 3.05) is 19.8 Å². The molecule has 26 heavy (non-hydrogen) atoms. The van der Waals surface area contributed by atoms with Crippen LogP contribution < -0.4 is 0 Å². The van der Waals surface area contributed by atoms with Crippen molar-refractivity contribution in [1.29, 1.82) is 0 Å². The molecule has 0 spiro atoms. The summed E-state index contributed by atoms with van der Waals surface area (Å²) < 4.78 is 10.8. The lowest BCUT2D eigenvalue weighted by Crippen LogP contribution is -2.53. The lowest BCUT2D eigenvalue weighted by atomic mass is 10.00. The van der Waals surface area contributed by atoms with Gasteiger partial charge in [0.25, 0.3) is 0 Å². The van der Waals surface area contributed by atoms with E-state index in [0.29, 0.717) is 30.9 Å². The SMILES string of the molecule is CCOC(=O)c1ccc(C2(O)CN(Cc3ccccc3)[C@H](C)CO2)cc1. The van der Waals surface area contributed by atoms with E-state index in [2.05, 4.69) is 24.0 Å². The van der Waals surface area contributed by atoms with Gasteiger partial charge in [0.05, 0.1) is 25.3 Å². The number of carbonyl (C=O) groups excluding carboxylic acids is 1. The van der Waals surface area contributed by atoms with Gasteiger partial charge in [-0.1, -0.05) is 42.5 Å². The first-order chi connectivity index (χ1) is 12.5. The largest absolute Gasteiger partial charge is 0.462 e. The lowest BCUT2D eigenvalue weighted by Gasteiger charge is -2.43. The number of nitrogens with zero attached hydrogens (tertiary/aromatic N) is 1. The van der Waals surface area contributed by atoms with Crippen LogP contribution in [0.5, 0.6) is 0 Å². The number of aliphatic hydroxyl groups is 1. The van der Waals surface area contributed by atoms with E-state index in [0.717, 1.165) is 6.54 Å². The monoisotopic (exact) mass is 355 g/mol. The number of carbonyl (C=O) groups is 1. The van der Waals surface area contributed by atoms with Gasteiger partial charge in [0.15, 0.2) is 0 Å². The van der Waals surface area contributed by atoms with Crippen molar-refractivity contribution in [3.8, 4) is 0 Å². The van der Waals surface area contributed by atoms with Gasteiger partial charge < -0.3 is 14.6 Å². The number of morpholine rings is 1. The van der Waals surface area contributed by atoms with Crippen LogP contribution in [0.15, 0.2) is 54.6 Å². The highest BCUT2D eigenvalue weighted by atomic mass is 16.6. The van der Waals surface area contributed by atoms with Crippen LogP contribution in [0.1, 0.15) is 35.3 Å². The standard InChI is InChI=1S/C21H25NO4/c1-3-25-20(23)18-9-11-19(12-10-18)21(24)15-22(16(2)14-26-21)13-17-7-5-4-6-8-17/h4-12,16,24H,3,13-15H2,1-2H3/t16-,21?/m1/s1. The van der Waals surface area contributed by atoms with Gasteiger partial charge >= 0.3 is 5.97 Å². The van der Waals surface area contributed by atoms with E-state index in [9.17, 15) is 9.90 Å². The molecule has 0 aromatic heterocycles. The van der Waals surface area contributed by atoms with E-state index in [1.54, 1.807) is 31.2 Å². The van der Waals surface area contributed by atoms with Gasteiger partial charge in [-0.15, -0.1) is 0 Å². The summed E-state index contributed by atoms with van der Waals surface area (Å²) in [6.07, 6.45) is 0. The Morgan fingerprint density at radius 1 is 1.23 bits per heavy atom. The third-order valence-electron chi connectivity index (χ3n) is 4.68. The molecule has 2 aromatic rings. The van der Waals surface area contributed by atoms with Crippen molar-refractivity contribution in [3.63, 3.8) is 0 Å². The molecule has 0 amide bonds. The number of hydrogen-bond donors (Lipinski definition) is 1. The van der Waals surface area contributed by atoms with Crippen molar-refractivity contribution in [2.24, 2.45) is 0 Å². The first kappa shape index (κ1) is 18.6. The molecule has 3 rings (SSSR count). The predicted molar refractivity (Wildman–Crippen MR) is 98.6 cm³/mol. The quantitative estimate of drug-likeness (QED) is 0.836. The molecule has 1 N–H and O–H groups in total. The zero-order valence-electron chi connectivity index (χ0n) is 15.2. The average Bonchev–Trinajstić information content (AvgIpc) is 2.66. The molecule has 5 nitrogen and oxygen atoms in total. The van der Waals surface area contributed by atoms with E-state index in [1.807, 2.05) is 18.2 Å². The van der Waals surface area contributed by atoms with Crippen molar-refractivity contribution in [1.82, 2.24) is 4.90 Å². The van der Waals surface area contributed by atoms with Crippen molar-refractivity contribution >= 4 is 5.97 Å². The number of ether oxygens (including phenoxy) is 2. The summed E-state index contributed by atoms with van der Waals surface area (Å²) in [4.78, 5) is 14.0. The molecule has 0 saturated carbocycles. The molecular formula is C21H25NO4. The molecule has 2 aromatic carbocycles. The smallest absolute Gasteiger partial charge is 0.338 e. The Bertz CT molecular complexity index is 731. The fraction of sp³-hybridized carbons (Fsp3) is 0.381. The van der Waals surface area contributed by atoms with Crippen molar-refractivity contribution < 1.29 is 19.4 Å². The van der Waals surface area contributed by atoms with Gasteiger partial charge in [-0.25, -0.2) is 4.79 Å². The molecule has 138 valence electrons. The first-order valence-electron chi connectivity index (χ1n) is 8.94. The molecule has 0 bridgehead atoms. The number of esters is 1. The lowest BCUT2D eigenvalue weighted by molar-refractivity contribution is -0.261. The molecule has 1 fully saturated rings. The minimum absolute atomic E-state index is 0.203. The normalized spacial score (nSPS) is 23.6. The third-order valence-corrected chi connectivity index (χ3v) is 4.68. The van der Waals surface area contributed by atoms with Crippen LogP contribution in [0, 0.1) is 0 Å². The summed E-state index contributed by atoms with van der Waals surface area (Å²) in [5, 5.41) is 11.1. The number of rotatable bonds is 5. The molecule has 1 aliphatic heterocycles. The zero-order valence-corrected chi connectivity index (χ0v) is 15.2. The highest BCUT2D eigenvalue weighted by Crippen LogP contribution is 2.30. The minimum atomic E-state index is -1.39. The van der Waals surface area contributed by atoms with Crippen LogP contribution in [0.3, 0.4) is 0 Å². The number of benzene rings is 2. The number of hydrogen-bond acceptors (Lipinski definition) is 5. The van der Waals surface area contributed by atoms with E-state index in [-0.39, 0.29) is 12.0 Å². The second-order valence-electron chi connectivity index (χ2n) is 6.63. The maximum absolute atomic E-state index is 11.8. The summed E-state index contributed by atoms with van der Waals surface area (Å²) in [5.74, 6) is -1.76. The fourth-order valence-electron chi connectivity index (χ4n) is 3.13. The van der Waals surface area contributed by atoms with E-state index in [4.69, 9.17) is 9.47 Å². The Kier molecular flexibility index (Phi) is 5.71. The van der Waals surface area contributed by atoms with Crippen molar-refractivity contribution in [2.45, 2.75) is 32.2 Å². The van der Waals surface area contributed by atoms with Gasteiger partial charge in [0, 0.05) is 18.2 Å². The van der Waals surface area contributed by atoms with Gasteiger partial charge in [-0.3, -0.25) is 4.90 Å². The Balaban J connectivity index is 1.75.